The third kappa shape index (κ3) is 3.12. The first-order valence-corrected chi connectivity index (χ1v) is 8.53. The number of hydrogen-bond acceptors (Lipinski definition) is 1. The van der Waals surface area contributed by atoms with Gasteiger partial charge in [-0.3, -0.25) is 4.79 Å². The van der Waals surface area contributed by atoms with Crippen LogP contribution in [0.25, 0.3) is 6.08 Å². The van der Waals surface area contributed by atoms with E-state index < -0.39 is 5.41 Å². The molecule has 1 nitrogen and oxygen atoms in total. The lowest BCUT2D eigenvalue weighted by Gasteiger charge is -2.33. The summed E-state index contributed by atoms with van der Waals surface area (Å²) in [6.45, 7) is 6.16. The molecule has 1 unspecified atom stereocenters. The molecular weight excluding hydrogens is 292 g/mol. The molecule has 0 amide bonds. The van der Waals surface area contributed by atoms with Crippen molar-refractivity contribution in [1.82, 2.24) is 0 Å². The van der Waals surface area contributed by atoms with Crippen molar-refractivity contribution < 1.29 is 4.79 Å². The van der Waals surface area contributed by atoms with E-state index in [1.54, 1.807) is 0 Å². The van der Waals surface area contributed by atoms with E-state index in [9.17, 15) is 4.79 Å². The summed E-state index contributed by atoms with van der Waals surface area (Å²) in [5.41, 5.74) is 5.32. The SMILES string of the molecule is CC1=Cc2ccccc2C(C)(C/C=C(/C)Cc2ccccc2)C1=O. The Hall–Kier alpha value is -2.41. The van der Waals surface area contributed by atoms with Crippen LogP contribution in [0.2, 0.25) is 0 Å². The van der Waals surface area contributed by atoms with E-state index in [0.29, 0.717) is 0 Å². The van der Waals surface area contributed by atoms with Crippen LogP contribution >= 0.6 is 0 Å². The van der Waals surface area contributed by atoms with Crippen molar-refractivity contribution in [2.75, 3.05) is 0 Å². The Labute approximate surface area is 144 Å². The summed E-state index contributed by atoms with van der Waals surface area (Å²) in [5, 5.41) is 0. The molecule has 122 valence electrons. The van der Waals surface area contributed by atoms with Crippen molar-refractivity contribution in [2.24, 2.45) is 0 Å². The summed E-state index contributed by atoms with van der Waals surface area (Å²) in [7, 11) is 0. The van der Waals surface area contributed by atoms with Gasteiger partial charge in [-0.25, -0.2) is 0 Å². The molecule has 3 rings (SSSR count). The average molecular weight is 316 g/mol. The normalized spacial score (nSPS) is 20.5. The first-order valence-electron chi connectivity index (χ1n) is 8.53. The third-order valence-corrected chi connectivity index (χ3v) is 4.97. The lowest BCUT2D eigenvalue weighted by atomic mass is 9.68. The Morgan fingerprint density at radius 1 is 1.04 bits per heavy atom. The van der Waals surface area contributed by atoms with Crippen LogP contribution in [-0.2, 0) is 16.6 Å². The predicted molar refractivity (Wildman–Crippen MR) is 101 cm³/mol. The van der Waals surface area contributed by atoms with Gasteiger partial charge in [-0.2, -0.15) is 0 Å². The fourth-order valence-electron chi connectivity index (χ4n) is 3.55. The number of benzene rings is 2. The van der Waals surface area contributed by atoms with Gasteiger partial charge in [-0.05, 0) is 62.0 Å². The number of carbonyl (C=O) groups is 1. The molecule has 0 bridgehead atoms. The first kappa shape index (κ1) is 16.4. The van der Waals surface area contributed by atoms with Crippen LogP contribution < -0.4 is 0 Å². The second-order valence-electron chi connectivity index (χ2n) is 6.99. The van der Waals surface area contributed by atoms with Gasteiger partial charge in [0.05, 0.1) is 5.41 Å². The Morgan fingerprint density at radius 3 is 2.46 bits per heavy atom. The third-order valence-electron chi connectivity index (χ3n) is 4.97. The zero-order valence-electron chi connectivity index (χ0n) is 14.7. The number of allylic oxidation sites excluding steroid dienone is 3. The second kappa shape index (κ2) is 6.60. The summed E-state index contributed by atoms with van der Waals surface area (Å²) >= 11 is 0. The summed E-state index contributed by atoms with van der Waals surface area (Å²) in [6.07, 6.45) is 5.93. The van der Waals surface area contributed by atoms with Crippen LogP contribution in [0.3, 0.4) is 0 Å². The fourth-order valence-corrected chi connectivity index (χ4v) is 3.55. The van der Waals surface area contributed by atoms with Gasteiger partial charge in [0.1, 0.15) is 0 Å². The van der Waals surface area contributed by atoms with Gasteiger partial charge in [0.2, 0.25) is 0 Å². The summed E-state index contributed by atoms with van der Waals surface area (Å²) in [6, 6.07) is 18.7. The van der Waals surface area contributed by atoms with Crippen LogP contribution in [0.5, 0.6) is 0 Å². The van der Waals surface area contributed by atoms with E-state index in [0.717, 1.165) is 24.0 Å². The molecule has 2 aromatic carbocycles. The highest BCUT2D eigenvalue weighted by Gasteiger charge is 2.38. The Bertz CT molecular complexity index is 811. The minimum absolute atomic E-state index is 0.241. The fraction of sp³-hybridized carbons (Fsp3) is 0.261. The van der Waals surface area contributed by atoms with Crippen molar-refractivity contribution in [3.8, 4) is 0 Å². The summed E-state index contributed by atoms with van der Waals surface area (Å²) in [5.74, 6) is 0.241. The van der Waals surface area contributed by atoms with E-state index in [1.807, 2.05) is 31.2 Å². The maximum Gasteiger partial charge on any atom is 0.169 e. The molecule has 1 heteroatoms. The molecule has 0 fully saturated rings. The van der Waals surface area contributed by atoms with E-state index in [4.69, 9.17) is 0 Å². The van der Waals surface area contributed by atoms with Crippen LogP contribution in [0.1, 0.15) is 43.9 Å². The van der Waals surface area contributed by atoms with Gasteiger partial charge in [0.15, 0.2) is 5.78 Å². The van der Waals surface area contributed by atoms with Gasteiger partial charge in [0.25, 0.3) is 0 Å². The molecule has 0 spiro atoms. The standard InChI is InChI=1S/C23H24O/c1-17(15-19-9-5-4-6-10-19)13-14-23(3)21-12-8-7-11-20(21)16-18(2)22(23)24/h4-13,16H,14-15H2,1-3H3/b17-13-. The molecule has 1 aliphatic rings. The highest BCUT2D eigenvalue weighted by atomic mass is 16.1. The highest BCUT2D eigenvalue weighted by molar-refractivity contribution is 6.09. The molecule has 2 aromatic rings. The number of fused-ring (bicyclic) bond motifs is 1. The van der Waals surface area contributed by atoms with Gasteiger partial charge in [-0.15, -0.1) is 0 Å². The minimum atomic E-state index is -0.465. The zero-order valence-corrected chi connectivity index (χ0v) is 14.7. The van der Waals surface area contributed by atoms with Crippen LogP contribution in [0, 0.1) is 0 Å². The Morgan fingerprint density at radius 2 is 1.71 bits per heavy atom. The number of hydrogen-bond donors (Lipinski definition) is 0. The monoisotopic (exact) mass is 316 g/mol. The topological polar surface area (TPSA) is 17.1 Å². The molecule has 24 heavy (non-hydrogen) atoms. The largest absolute Gasteiger partial charge is 0.294 e. The van der Waals surface area contributed by atoms with Gasteiger partial charge in [0, 0.05) is 0 Å². The lowest BCUT2D eigenvalue weighted by molar-refractivity contribution is -0.120. The van der Waals surface area contributed by atoms with E-state index in [1.165, 1.54) is 16.7 Å². The first-order chi connectivity index (χ1) is 11.5. The van der Waals surface area contributed by atoms with Crippen LogP contribution in [0.4, 0.5) is 0 Å². The van der Waals surface area contributed by atoms with Crippen molar-refractivity contribution in [2.45, 2.75) is 39.0 Å². The van der Waals surface area contributed by atoms with Crippen molar-refractivity contribution in [3.63, 3.8) is 0 Å². The van der Waals surface area contributed by atoms with Crippen LogP contribution in [-0.4, -0.2) is 5.78 Å². The van der Waals surface area contributed by atoms with Gasteiger partial charge < -0.3 is 0 Å². The van der Waals surface area contributed by atoms with Gasteiger partial charge >= 0.3 is 0 Å². The lowest BCUT2D eigenvalue weighted by Crippen LogP contribution is -2.35. The molecule has 1 atom stereocenters. The Balaban J connectivity index is 1.86. The van der Waals surface area contributed by atoms with Gasteiger partial charge in [-0.1, -0.05) is 66.2 Å². The molecule has 0 saturated heterocycles. The number of ketones is 1. The minimum Gasteiger partial charge on any atom is -0.294 e. The predicted octanol–water partition coefficient (Wildman–Crippen LogP) is 5.51. The van der Waals surface area contributed by atoms with E-state index in [-0.39, 0.29) is 5.78 Å². The number of rotatable bonds is 4. The molecule has 1 aliphatic carbocycles. The molecule has 0 N–H and O–H groups in total. The zero-order chi connectivity index (χ0) is 17.2. The van der Waals surface area contributed by atoms with E-state index in [2.05, 4.69) is 56.3 Å². The average Bonchev–Trinajstić information content (AvgIpc) is 2.59. The Kier molecular flexibility index (Phi) is 4.53. The number of Topliss-reactive ketones (excluding diaryl/α,β-unsaturated/α-hetero) is 1. The molecule has 0 aliphatic heterocycles. The van der Waals surface area contributed by atoms with Crippen LogP contribution in [0.15, 0.2) is 71.8 Å². The highest BCUT2D eigenvalue weighted by Crippen LogP contribution is 2.39. The van der Waals surface area contributed by atoms with E-state index >= 15 is 0 Å². The molecular formula is C23H24O. The number of carbonyl (C=O) groups excluding carboxylic acids is 1. The maximum atomic E-state index is 12.9. The summed E-state index contributed by atoms with van der Waals surface area (Å²) < 4.78 is 0. The molecule has 0 saturated carbocycles. The molecule has 0 aromatic heterocycles. The molecule has 0 heterocycles. The smallest absolute Gasteiger partial charge is 0.169 e. The quantitative estimate of drug-likeness (QED) is 0.680. The molecule has 0 radical (unpaired) electrons. The van der Waals surface area contributed by atoms with Crippen molar-refractivity contribution >= 4 is 11.9 Å². The maximum absolute atomic E-state index is 12.9. The second-order valence-corrected chi connectivity index (χ2v) is 6.99. The van der Waals surface area contributed by atoms with Crippen molar-refractivity contribution in [1.29, 1.82) is 0 Å². The van der Waals surface area contributed by atoms with Crippen molar-refractivity contribution in [3.05, 3.63) is 88.5 Å². The summed E-state index contributed by atoms with van der Waals surface area (Å²) in [4.78, 5) is 12.9.